The molecule has 1 aliphatic rings. The summed E-state index contributed by atoms with van der Waals surface area (Å²) in [5.74, 6) is 0. The third kappa shape index (κ3) is 3.34. The van der Waals surface area contributed by atoms with Crippen LogP contribution in [-0.4, -0.2) is 4.57 Å². The van der Waals surface area contributed by atoms with Crippen LogP contribution in [0.25, 0.3) is 38.6 Å². The van der Waals surface area contributed by atoms with Crippen LogP contribution in [0.3, 0.4) is 0 Å². The average Bonchev–Trinajstić information content (AvgIpc) is 3.69. The predicted octanol–water partition coefficient (Wildman–Crippen LogP) is 10.6. The summed E-state index contributed by atoms with van der Waals surface area (Å²) < 4.78 is 2.37. The largest absolute Gasteiger partial charge is 0.309 e. The van der Waals surface area contributed by atoms with Gasteiger partial charge in [0.2, 0.25) is 0 Å². The summed E-state index contributed by atoms with van der Waals surface area (Å²) in [6.45, 7) is 4.70. The van der Waals surface area contributed by atoms with E-state index in [-0.39, 0.29) is 5.41 Å². The molecule has 40 heavy (non-hydrogen) atoms. The van der Waals surface area contributed by atoms with E-state index in [2.05, 4.69) is 156 Å². The average molecular weight is 533 g/mol. The highest BCUT2D eigenvalue weighted by molar-refractivity contribution is 7.14. The van der Waals surface area contributed by atoms with Gasteiger partial charge in [-0.25, -0.2) is 0 Å². The zero-order valence-corrected chi connectivity index (χ0v) is 23.3. The van der Waals surface area contributed by atoms with Gasteiger partial charge in [-0.1, -0.05) is 80.6 Å². The molecule has 5 aromatic carbocycles. The summed E-state index contributed by atoms with van der Waals surface area (Å²) in [6, 6.07) is 46.5. The van der Waals surface area contributed by atoms with Crippen molar-refractivity contribution < 1.29 is 0 Å². The van der Waals surface area contributed by atoms with Crippen molar-refractivity contribution in [1.82, 2.24) is 4.57 Å². The Morgan fingerprint density at radius 1 is 0.575 bits per heavy atom. The maximum atomic E-state index is 2.41. The van der Waals surface area contributed by atoms with Gasteiger partial charge in [-0.05, 0) is 88.3 Å². The maximum absolute atomic E-state index is 2.41. The van der Waals surface area contributed by atoms with Gasteiger partial charge in [0.05, 0.1) is 16.0 Å². The molecule has 1 aliphatic carbocycles. The summed E-state index contributed by atoms with van der Waals surface area (Å²) >= 11 is 1.77. The molecular weight excluding hydrogens is 504 g/mol. The van der Waals surface area contributed by atoms with Gasteiger partial charge in [0.15, 0.2) is 0 Å². The van der Waals surface area contributed by atoms with Crippen molar-refractivity contribution in [2.24, 2.45) is 0 Å². The Bertz CT molecular complexity index is 2030. The molecule has 0 N–H and O–H groups in total. The Hall–Kier alpha value is -4.60. The minimum absolute atomic E-state index is 0.0455. The number of aromatic nitrogens is 1. The monoisotopic (exact) mass is 532 g/mol. The summed E-state index contributed by atoms with van der Waals surface area (Å²) in [6.07, 6.45) is 0. The van der Waals surface area contributed by atoms with Crippen LogP contribution in [0.15, 0.2) is 133 Å². The quantitative estimate of drug-likeness (QED) is 0.219. The van der Waals surface area contributed by atoms with Gasteiger partial charge in [-0.3, -0.25) is 0 Å². The van der Waals surface area contributed by atoms with Crippen LogP contribution >= 0.6 is 11.3 Å². The number of fused-ring (bicyclic) bond motifs is 6. The van der Waals surface area contributed by atoms with Crippen molar-refractivity contribution in [2.45, 2.75) is 19.3 Å². The summed E-state index contributed by atoms with van der Waals surface area (Å²) in [5, 5.41) is 5.89. The Kier molecular flexibility index (Phi) is 5.07. The first-order valence-corrected chi connectivity index (χ1v) is 14.7. The molecule has 192 valence electrons. The summed E-state index contributed by atoms with van der Waals surface area (Å²) in [5.41, 5.74) is 11.4. The van der Waals surface area contributed by atoms with E-state index in [1.807, 2.05) is 0 Å². The number of para-hydroxylation sites is 2. The van der Waals surface area contributed by atoms with Crippen LogP contribution in [0.4, 0.5) is 16.4 Å². The van der Waals surface area contributed by atoms with E-state index < -0.39 is 0 Å². The molecule has 0 saturated carbocycles. The lowest BCUT2D eigenvalue weighted by atomic mass is 9.82. The highest BCUT2D eigenvalue weighted by atomic mass is 32.1. The molecular formula is C37H28N2S. The van der Waals surface area contributed by atoms with Gasteiger partial charge < -0.3 is 9.47 Å². The minimum Gasteiger partial charge on any atom is -0.309 e. The lowest BCUT2D eigenvalue weighted by molar-refractivity contribution is 0.660. The van der Waals surface area contributed by atoms with Crippen molar-refractivity contribution >= 4 is 49.5 Å². The Balaban J connectivity index is 1.34. The number of hydrogen-bond acceptors (Lipinski definition) is 2. The van der Waals surface area contributed by atoms with E-state index >= 15 is 0 Å². The van der Waals surface area contributed by atoms with Crippen molar-refractivity contribution in [3.63, 3.8) is 0 Å². The molecule has 0 amide bonds. The standard InChI is InChI=1S/C37H28N2S/c1-37(2)32-15-8-6-13-28(32)29-20-18-27(24-33(29)37)38(36-17-10-22-40-36)26-19-21-35-31(23-26)30-14-7-9-16-34(30)39(35)25-11-4-3-5-12-25/h3-24H,1-2H3. The highest BCUT2D eigenvalue weighted by Gasteiger charge is 2.35. The SMILES string of the molecule is CC1(C)c2ccccc2-c2ccc(N(c3ccc4c(c3)c3ccccc3n4-c3ccccc3)c3cccs3)cc21. The fraction of sp³-hybridized carbons (Fsp3) is 0.0811. The highest BCUT2D eigenvalue weighted by Crippen LogP contribution is 2.51. The van der Waals surface area contributed by atoms with E-state index in [0.29, 0.717) is 0 Å². The van der Waals surface area contributed by atoms with Gasteiger partial charge >= 0.3 is 0 Å². The van der Waals surface area contributed by atoms with Crippen LogP contribution in [0.5, 0.6) is 0 Å². The number of rotatable bonds is 4. The predicted molar refractivity (Wildman–Crippen MR) is 171 cm³/mol. The Morgan fingerprint density at radius 3 is 2.12 bits per heavy atom. The number of benzene rings is 5. The zero-order valence-electron chi connectivity index (χ0n) is 22.5. The van der Waals surface area contributed by atoms with Gasteiger partial charge in [0.25, 0.3) is 0 Å². The lowest BCUT2D eigenvalue weighted by Gasteiger charge is -2.27. The van der Waals surface area contributed by atoms with Crippen LogP contribution in [0, 0.1) is 0 Å². The van der Waals surface area contributed by atoms with Crippen LogP contribution in [0.2, 0.25) is 0 Å². The molecule has 8 rings (SSSR count). The molecule has 0 bridgehead atoms. The topological polar surface area (TPSA) is 8.17 Å². The molecule has 2 heterocycles. The molecule has 0 radical (unpaired) electrons. The van der Waals surface area contributed by atoms with E-state index in [9.17, 15) is 0 Å². The lowest BCUT2D eigenvalue weighted by Crippen LogP contribution is -2.16. The molecule has 2 aromatic heterocycles. The second-order valence-electron chi connectivity index (χ2n) is 11.1. The number of anilines is 3. The van der Waals surface area contributed by atoms with Gasteiger partial charge in [0, 0.05) is 33.2 Å². The van der Waals surface area contributed by atoms with Gasteiger partial charge in [0.1, 0.15) is 0 Å². The summed E-state index contributed by atoms with van der Waals surface area (Å²) in [7, 11) is 0. The van der Waals surface area contributed by atoms with Gasteiger partial charge in [-0.15, -0.1) is 11.3 Å². The molecule has 0 atom stereocenters. The molecule has 0 saturated heterocycles. The second kappa shape index (κ2) is 8.70. The summed E-state index contributed by atoms with van der Waals surface area (Å²) in [4.78, 5) is 2.41. The molecule has 7 aromatic rings. The van der Waals surface area contributed by atoms with Crippen molar-refractivity contribution in [2.75, 3.05) is 4.90 Å². The fourth-order valence-corrected chi connectivity index (χ4v) is 7.36. The Labute approximate surface area is 238 Å². The van der Waals surface area contributed by atoms with E-state index in [0.717, 1.165) is 0 Å². The first-order valence-electron chi connectivity index (χ1n) is 13.8. The van der Waals surface area contributed by atoms with Crippen molar-refractivity contribution in [1.29, 1.82) is 0 Å². The van der Waals surface area contributed by atoms with E-state index in [1.54, 1.807) is 11.3 Å². The molecule has 2 nitrogen and oxygen atoms in total. The van der Waals surface area contributed by atoms with Crippen LogP contribution in [-0.2, 0) is 5.41 Å². The number of hydrogen-bond donors (Lipinski definition) is 0. The van der Waals surface area contributed by atoms with Crippen LogP contribution in [0.1, 0.15) is 25.0 Å². The third-order valence-corrected chi connectivity index (χ3v) is 9.33. The minimum atomic E-state index is -0.0455. The number of thiophene rings is 1. The molecule has 0 fully saturated rings. The molecule has 0 unspecified atom stereocenters. The van der Waals surface area contributed by atoms with Gasteiger partial charge in [-0.2, -0.15) is 0 Å². The first kappa shape index (κ1) is 23.3. The zero-order chi connectivity index (χ0) is 26.8. The van der Waals surface area contributed by atoms with E-state index in [4.69, 9.17) is 0 Å². The smallest absolute Gasteiger partial charge is 0.0999 e. The van der Waals surface area contributed by atoms with E-state index in [1.165, 1.54) is 66.1 Å². The van der Waals surface area contributed by atoms with Crippen molar-refractivity contribution in [3.05, 3.63) is 144 Å². The molecule has 0 aliphatic heterocycles. The third-order valence-electron chi connectivity index (χ3n) is 8.48. The first-order chi connectivity index (χ1) is 19.6. The normalized spacial score (nSPS) is 13.4. The van der Waals surface area contributed by atoms with Crippen LogP contribution < -0.4 is 4.90 Å². The maximum Gasteiger partial charge on any atom is 0.0999 e. The molecule has 0 spiro atoms. The fourth-order valence-electron chi connectivity index (χ4n) is 6.59. The van der Waals surface area contributed by atoms with Crippen molar-refractivity contribution in [3.8, 4) is 16.8 Å². The molecule has 3 heteroatoms. The number of nitrogens with zero attached hydrogens (tertiary/aromatic N) is 2. The Morgan fingerprint density at radius 2 is 1.27 bits per heavy atom. The second-order valence-corrected chi connectivity index (χ2v) is 12.0.